The Hall–Kier alpha value is -2.01. The zero-order valence-electron chi connectivity index (χ0n) is 11.7. The van der Waals surface area contributed by atoms with Gasteiger partial charge >= 0.3 is 0 Å². The number of benzene rings is 1. The number of aromatic nitrogens is 2. The molecule has 2 aromatic rings. The molecule has 1 aromatic carbocycles. The molecule has 20 heavy (non-hydrogen) atoms. The number of rotatable bonds is 3. The van der Waals surface area contributed by atoms with E-state index < -0.39 is 0 Å². The van der Waals surface area contributed by atoms with Gasteiger partial charge in [-0.15, -0.1) is 0 Å². The average molecular weight is 293 g/mol. The zero-order valence-corrected chi connectivity index (χ0v) is 12.5. The van der Waals surface area contributed by atoms with Crippen molar-refractivity contribution in [2.24, 2.45) is 0 Å². The van der Waals surface area contributed by atoms with Crippen LogP contribution in [0.25, 0.3) is 0 Å². The summed E-state index contributed by atoms with van der Waals surface area (Å²) in [5, 5.41) is 7.64. The van der Waals surface area contributed by atoms with Crippen molar-refractivity contribution >= 4 is 28.9 Å². The predicted octanol–water partition coefficient (Wildman–Crippen LogP) is 2.68. The Balaban J connectivity index is 2.09. The van der Waals surface area contributed by atoms with Gasteiger partial charge in [0.15, 0.2) is 0 Å². The molecule has 0 spiro atoms. The van der Waals surface area contributed by atoms with E-state index in [1.807, 2.05) is 32.9 Å². The molecule has 0 saturated heterocycles. The number of aryl methyl sites for hydroxylation is 2. The van der Waals surface area contributed by atoms with Gasteiger partial charge in [0.2, 0.25) is 5.91 Å². The number of carbonyl (C=O) groups is 1. The van der Waals surface area contributed by atoms with Gasteiger partial charge in [0.05, 0.1) is 17.1 Å². The fraction of sp³-hybridized carbons (Fsp3) is 0.286. The van der Waals surface area contributed by atoms with E-state index in [4.69, 9.17) is 17.3 Å². The highest BCUT2D eigenvalue weighted by Gasteiger charge is 2.11. The third-order valence-electron chi connectivity index (χ3n) is 3.19. The number of anilines is 2. The van der Waals surface area contributed by atoms with Gasteiger partial charge in [0.1, 0.15) is 6.54 Å². The lowest BCUT2D eigenvalue weighted by molar-refractivity contribution is -0.116. The number of carbonyl (C=O) groups excluding carboxylic acids is 1. The van der Waals surface area contributed by atoms with Crippen LogP contribution in [0.3, 0.4) is 0 Å². The van der Waals surface area contributed by atoms with Crippen LogP contribution >= 0.6 is 11.6 Å². The average Bonchev–Trinajstić information content (AvgIpc) is 2.61. The molecule has 0 aliphatic heterocycles. The van der Waals surface area contributed by atoms with Crippen molar-refractivity contribution in [2.75, 3.05) is 11.1 Å². The first kappa shape index (κ1) is 14.4. The summed E-state index contributed by atoms with van der Waals surface area (Å²) >= 11 is 6.02. The van der Waals surface area contributed by atoms with Crippen molar-refractivity contribution in [1.82, 2.24) is 9.78 Å². The van der Waals surface area contributed by atoms with Crippen LogP contribution in [0.4, 0.5) is 11.4 Å². The number of nitrogens with one attached hydrogen (secondary N) is 1. The smallest absolute Gasteiger partial charge is 0.246 e. The molecule has 0 unspecified atom stereocenters. The lowest BCUT2D eigenvalue weighted by Gasteiger charge is -2.08. The minimum atomic E-state index is -0.171. The third-order valence-corrected chi connectivity index (χ3v) is 3.59. The minimum absolute atomic E-state index is 0.120. The van der Waals surface area contributed by atoms with E-state index in [2.05, 4.69) is 10.4 Å². The lowest BCUT2D eigenvalue weighted by Crippen LogP contribution is -2.20. The number of hydrogen-bond donors (Lipinski definition) is 2. The molecule has 0 atom stereocenters. The first-order chi connectivity index (χ1) is 9.38. The largest absolute Gasteiger partial charge is 0.396 e. The molecule has 1 amide bonds. The first-order valence-electron chi connectivity index (χ1n) is 6.24. The topological polar surface area (TPSA) is 72.9 Å². The molecule has 106 valence electrons. The zero-order chi connectivity index (χ0) is 14.9. The molecule has 0 aliphatic rings. The van der Waals surface area contributed by atoms with Crippen LogP contribution < -0.4 is 11.1 Å². The normalized spacial score (nSPS) is 10.6. The SMILES string of the molecule is Cc1ccc(NC(=O)Cn2nc(C)c(N)c2C)cc1Cl. The van der Waals surface area contributed by atoms with Gasteiger partial charge in [-0.3, -0.25) is 9.48 Å². The van der Waals surface area contributed by atoms with Crippen molar-refractivity contribution in [3.63, 3.8) is 0 Å². The summed E-state index contributed by atoms with van der Waals surface area (Å²) in [6, 6.07) is 5.40. The maximum atomic E-state index is 12.0. The maximum absolute atomic E-state index is 12.0. The van der Waals surface area contributed by atoms with Crippen LogP contribution in [-0.4, -0.2) is 15.7 Å². The number of nitrogen functional groups attached to an aromatic ring is 1. The van der Waals surface area contributed by atoms with Gasteiger partial charge < -0.3 is 11.1 Å². The van der Waals surface area contributed by atoms with Crippen LogP contribution in [0.15, 0.2) is 18.2 Å². The van der Waals surface area contributed by atoms with E-state index in [1.165, 1.54) is 0 Å². The molecule has 2 rings (SSSR count). The highest BCUT2D eigenvalue weighted by atomic mass is 35.5. The summed E-state index contributed by atoms with van der Waals surface area (Å²) in [4.78, 5) is 12.0. The Morgan fingerprint density at radius 2 is 2.10 bits per heavy atom. The Bertz CT molecular complexity index is 663. The second-order valence-corrected chi connectivity index (χ2v) is 5.16. The predicted molar refractivity (Wildman–Crippen MR) is 80.9 cm³/mol. The van der Waals surface area contributed by atoms with E-state index >= 15 is 0 Å². The van der Waals surface area contributed by atoms with E-state index in [1.54, 1.807) is 10.7 Å². The summed E-state index contributed by atoms with van der Waals surface area (Å²) in [7, 11) is 0. The molecule has 0 fully saturated rings. The molecular weight excluding hydrogens is 276 g/mol. The molecule has 0 bridgehead atoms. The summed E-state index contributed by atoms with van der Waals surface area (Å²) < 4.78 is 1.59. The van der Waals surface area contributed by atoms with Gasteiger partial charge in [-0.25, -0.2) is 0 Å². The molecular formula is C14H17ClN4O. The fourth-order valence-corrected chi connectivity index (χ4v) is 2.05. The van der Waals surface area contributed by atoms with Gasteiger partial charge in [-0.05, 0) is 38.5 Å². The fourth-order valence-electron chi connectivity index (χ4n) is 1.87. The van der Waals surface area contributed by atoms with Gasteiger partial charge in [0, 0.05) is 10.7 Å². The summed E-state index contributed by atoms with van der Waals surface area (Å²) in [5.74, 6) is -0.171. The Morgan fingerprint density at radius 1 is 1.40 bits per heavy atom. The molecule has 3 N–H and O–H groups in total. The number of hydrogen-bond acceptors (Lipinski definition) is 3. The van der Waals surface area contributed by atoms with Crippen molar-refractivity contribution in [1.29, 1.82) is 0 Å². The summed E-state index contributed by atoms with van der Waals surface area (Å²) in [6.45, 7) is 5.68. The molecule has 1 heterocycles. The molecule has 0 saturated carbocycles. The number of nitrogens with two attached hydrogens (primary N) is 1. The van der Waals surface area contributed by atoms with Gasteiger partial charge in [-0.1, -0.05) is 17.7 Å². The highest BCUT2D eigenvalue weighted by Crippen LogP contribution is 2.20. The number of amides is 1. The van der Waals surface area contributed by atoms with Crippen molar-refractivity contribution in [3.05, 3.63) is 40.2 Å². The molecule has 0 aliphatic carbocycles. The van der Waals surface area contributed by atoms with E-state index in [0.717, 1.165) is 17.0 Å². The Labute approximate surface area is 122 Å². The second-order valence-electron chi connectivity index (χ2n) is 4.75. The van der Waals surface area contributed by atoms with E-state index in [-0.39, 0.29) is 12.5 Å². The van der Waals surface area contributed by atoms with Crippen LogP contribution in [-0.2, 0) is 11.3 Å². The standard InChI is InChI=1S/C14H17ClN4O/c1-8-4-5-11(6-12(8)15)17-13(20)7-19-10(3)14(16)9(2)18-19/h4-6H,7,16H2,1-3H3,(H,17,20). The van der Waals surface area contributed by atoms with Crippen LogP contribution in [0.1, 0.15) is 17.0 Å². The monoisotopic (exact) mass is 292 g/mol. The highest BCUT2D eigenvalue weighted by molar-refractivity contribution is 6.31. The maximum Gasteiger partial charge on any atom is 0.246 e. The Kier molecular flexibility index (Phi) is 3.99. The van der Waals surface area contributed by atoms with Crippen molar-refractivity contribution in [3.8, 4) is 0 Å². The minimum Gasteiger partial charge on any atom is -0.396 e. The quantitative estimate of drug-likeness (QED) is 0.913. The second kappa shape index (κ2) is 5.54. The number of nitrogens with zero attached hydrogens (tertiary/aromatic N) is 2. The van der Waals surface area contributed by atoms with Crippen molar-refractivity contribution in [2.45, 2.75) is 27.3 Å². The van der Waals surface area contributed by atoms with Crippen LogP contribution in [0, 0.1) is 20.8 Å². The first-order valence-corrected chi connectivity index (χ1v) is 6.61. The molecule has 6 heteroatoms. The Morgan fingerprint density at radius 3 is 2.65 bits per heavy atom. The molecule has 5 nitrogen and oxygen atoms in total. The summed E-state index contributed by atoms with van der Waals surface area (Å²) in [5.41, 5.74) is 9.61. The number of halogens is 1. The van der Waals surface area contributed by atoms with Crippen molar-refractivity contribution < 1.29 is 4.79 Å². The van der Waals surface area contributed by atoms with Crippen LogP contribution in [0.2, 0.25) is 5.02 Å². The lowest BCUT2D eigenvalue weighted by atomic mass is 10.2. The molecule has 1 aromatic heterocycles. The van der Waals surface area contributed by atoms with Gasteiger partial charge in [0.25, 0.3) is 0 Å². The third kappa shape index (κ3) is 2.93. The molecule has 0 radical (unpaired) electrons. The van der Waals surface area contributed by atoms with Crippen LogP contribution in [0.5, 0.6) is 0 Å². The van der Waals surface area contributed by atoms with E-state index in [0.29, 0.717) is 16.4 Å². The summed E-state index contributed by atoms with van der Waals surface area (Å²) in [6.07, 6.45) is 0. The van der Waals surface area contributed by atoms with Gasteiger partial charge in [-0.2, -0.15) is 5.10 Å². The van der Waals surface area contributed by atoms with E-state index in [9.17, 15) is 4.79 Å².